The van der Waals surface area contributed by atoms with E-state index in [1.54, 1.807) is 19.2 Å². The number of nitrogen functional groups attached to an aromatic ring is 1. The number of pyridine rings is 3. The molecule has 0 aliphatic carbocycles. The van der Waals surface area contributed by atoms with E-state index in [0.717, 1.165) is 12.3 Å². The van der Waals surface area contributed by atoms with Crippen molar-refractivity contribution in [3.05, 3.63) is 83.3 Å². The molecule has 1 aliphatic heterocycles. The summed E-state index contributed by atoms with van der Waals surface area (Å²) in [5, 5.41) is 6.70. The van der Waals surface area contributed by atoms with Gasteiger partial charge in [-0.25, -0.2) is 19.2 Å². The number of hydrogen-bond acceptors (Lipinski definition) is 10. The van der Waals surface area contributed by atoms with Crippen LogP contribution >= 0.6 is 0 Å². The summed E-state index contributed by atoms with van der Waals surface area (Å²) in [6.45, 7) is 1.39. The number of rotatable bonds is 6. The van der Waals surface area contributed by atoms with Crippen molar-refractivity contribution < 1.29 is 23.1 Å². The number of hydrazine groups is 2. The highest BCUT2D eigenvalue weighted by atomic mass is 19.1. The fraction of sp³-hybridized carbons (Fsp3) is 0.136. The van der Waals surface area contributed by atoms with Gasteiger partial charge in [-0.2, -0.15) is 4.39 Å². The smallest absolute Gasteiger partial charge is 0.413 e. The Kier molecular flexibility index (Phi) is 6.87. The summed E-state index contributed by atoms with van der Waals surface area (Å²) in [7, 11) is 1.62. The number of nitrogens with two attached hydrogens (primary N) is 1. The van der Waals surface area contributed by atoms with Crippen molar-refractivity contribution in [1.29, 1.82) is 0 Å². The fourth-order valence-electron chi connectivity index (χ4n) is 3.24. The Bertz CT molecular complexity index is 1330. The number of amides is 2. The average Bonchev–Trinajstić information content (AvgIpc) is 3.20. The number of halogens is 2. The van der Waals surface area contributed by atoms with Crippen molar-refractivity contribution >= 4 is 29.2 Å². The Balaban J connectivity index is 1.45. The maximum Gasteiger partial charge on any atom is 0.413 e. The molecule has 0 spiro atoms. The van der Waals surface area contributed by atoms with Crippen molar-refractivity contribution in [3.63, 3.8) is 0 Å². The van der Waals surface area contributed by atoms with Gasteiger partial charge in [0.25, 0.3) is 5.91 Å². The van der Waals surface area contributed by atoms with Gasteiger partial charge in [0.1, 0.15) is 23.4 Å². The predicted octanol–water partition coefficient (Wildman–Crippen LogP) is 2.05. The molecule has 0 unspecified atom stereocenters. The summed E-state index contributed by atoms with van der Waals surface area (Å²) in [5.41, 5.74) is 12.6. The largest absolute Gasteiger partial charge is 0.441 e. The number of anilines is 2. The summed E-state index contributed by atoms with van der Waals surface area (Å²) in [4.78, 5) is 36.3. The van der Waals surface area contributed by atoms with Gasteiger partial charge in [0.2, 0.25) is 5.95 Å². The molecule has 0 bridgehead atoms. The lowest BCUT2D eigenvalue weighted by Gasteiger charge is -2.18. The fourth-order valence-corrected chi connectivity index (χ4v) is 3.24. The van der Waals surface area contributed by atoms with Crippen molar-refractivity contribution in [3.8, 4) is 0 Å². The summed E-state index contributed by atoms with van der Waals surface area (Å²) in [6, 6.07) is 7.12. The first-order valence-electron chi connectivity index (χ1n) is 10.5. The summed E-state index contributed by atoms with van der Waals surface area (Å²) in [5.74, 6) is -1.62. The molecule has 6 N–H and O–H groups in total. The third-order valence-electron chi connectivity index (χ3n) is 5.02. The molecule has 12 nitrogen and oxygen atoms in total. The zero-order valence-electron chi connectivity index (χ0n) is 19.0. The van der Waals surface area contributed by atoms with Crippen LogP contribution in [0.4, 0.5) is 25.1 Å². The van der Waals surface area contributed by atoms with Gasteiger partial charge in [-0.3, -0.25) is 25.5 Å². The molecule has 0 fully saturated rings. The molecule has 3 aromatic heterocycles. The van der Waals surface area contributed by atoms with Crippen LogP contribution in [-0.4, -0.2) is 39.0 Å². The Morgan fingerprint density at radius 1 is 1.11 bits per heavy atom. The third-order valence-corrected chi connectivity index (χ3v) is 5.02. The minimum atomic E-state index is -1.11. The van der Waals surface area contributed by atoms with Crippen molar-refractivity contribution in [1.82, 2.24) is 36.2 Å². The van der Waals surface area contributed by atoms with Crippen LogP contribution in [0.25, 0.3) is 5.70 Å². The number of ether oxygens (including phenoxy) is 1. The molecule has 4 heterocycles. The lowest BCUT2D eigenvalue weighted by atomic mass is 10.2. The van der Waals surface area contributed by atoms with E-state index < -0.39 is 24.0 Å². The number of nitrogens with zero attached hydrogens (tertiary/aromatic N) is 4. The van der Waals surface area contributed by atoms with Gasteiger partial charge in [-0.1, -0.05) is 0 Å². The monoisotopic (exact) mass is 497 g/mol. The van der Waals surface area contributed by atoms with Crippen LogP contribution in [0.15, 0.2) is 54.7 Å². The number of aromatic nitrogens is 3. The van der Waals surface area contributed by atoms with Crippen LogP contribution in [0.3, 0.4) is 0 Å². The van der Waals surface area contributed by atoms with Gasteiger partial charge >= 0.3 is 6.09 Å². The standard InChI is InChI=1S/C22H21F2N9O3/c1-11(15-8-13(23)9-28-19(15)24)36-22(35)30-20-18(31-32-33(20)2)16-4-3-14(10-27-16)29-21(34)12-5-6-26-17(25)7-12/h3-11,31-32H,1-2H3,(H2,25,26)(H,29,34)(H,30,35)/t11-/m1/s1. The Morgan fingerprint density at radius 2 is 1.92 bits per heavy atom. The van der Waals surface area contributed by atoms with Gasteiger partial charge in [0.15, 0.2) is 5.82 Å². The Morgan fingerprint density at radius 3 is 2.64 bits per heavy atom. The summed E-state index contributed by atoms with van der Waals surface area (Å²) >= 11 is 0. The third kappa shape index (κ3) is 5.44. The van der Waals surface area contributed by atoms with Gasteiger partial charge in [0.05, 0.1) is 29.3 Å². The molecule has 186 valence electrons. The minimum absolute atomic E-state index is 0.205. The highest BCUT2D eigenvalue weighted by molar-refractivity contribution is 6.04. The SMILES string of the molecule is C[C@@H](OC(=O)NC1=C(c2ccc(NC(=O)c3ccnc(N)c3)cn2)NNN1C)c1cc(F)cnc1F. The van der Waals surface area contributed by atoms with Crippen molar-refractivity contribution in [2.45, 2.75) is 13.0 Å². The van der Waals surface area contributed by atoms with Crippen molar-refractivity contribution in [2.24, 2.45) is 0 Å². The Labute approximate surface area is 203 Å². The van der Waals surface area contributed by atoms with Crippen LogP contribution in [0.2, 0.25) is 0 Å². The topological polar surface area (TPSA) is 159 Å². The first-order chi connectivity index (χ1) is 17.2. The number of hydrogen-bond donors (Lipinski definition) is 5. The van der Waals surface area contributed by atoms with Crippen LogP contribution in [0, 0.1) is 11.8 Å². The van der Waals surface area contributed by atoms with E-state index in [2.05, 4.69) is 36.5 Å². The molecule has 14 heteroatoms. The molecule has 4 rings (SSSR count). The first-order valence-corrected chi connectivity index (χ1v) is 10.5. The van der Waals surface area contributed by atoms with Crippen LogP contribution in [-0.2, 0) is 4.74 Å². The highest BCUT2D eigenvalue weighted by Crippen LogP contribution is 2.22. The van der Waals surface area contributed by atoms with Gasteiger partial charge in [-0.15, -0.1) is 5.53 Å². The van der Waals surface area contributed by atoms with Crippen LogP contribution in [0.5, 0.6) is 0 Å². The van der Waals surface area contributed by atoms with E-state index >= 15 is 0 Å². The molecule has 2 amide bonds. The van der Waals surface area contributed by atoms with Gasteiger partial charge in [-0.05, 0) is 37.3 Å². The second-order valence-electron chi connectivity index (χ2n) is 7.58. The zero-order valence-corrected chi connectivity index (χ0v) is 19.0. The second kappa shape index (κ2) is 10.2. The van der Waals surface area contributed by atoms with Crippen LogP contribution in [0.1, 0.15) is 34.6 Å². The lowest BCUT2D eigenvalue weighted by molar-refractivity contribution is 0.102. The second-order valence-corrected chi connectivity index (χ2v) is 7.58. The molecule has 0 saturated heterocycles. The lowest BCUT2D eigenvalue weighted by Crippen LogP contribution is -2.39. The van der Waals surface area contributed by atoms with E-state index in [0.29, 0.717) is 22.6 Å². The van der Waals surface area contributed by atoms with E-state index in [1.807, 2.05) is 0 Å². The molecular weight excluding hydrogens is 476 g/mol. The molecule has 1 aliphatic rings. The van der Waals surface area contributed by atoms with E-state index in [1.165, 1.54) is 36.5 Å². The molecule has 36 heavy (non-hydrogen) atoms. The van der Waals surface area contributed by atoms with Gasteiger partial charge < -0.3 is 15.8 Å². The number of carbonyl (C=O) groups excluding carboxylic acids is 2. The first kappa shape index (κ1) is 24.3. The normalized spacial score (nSPS) is 13.7. The number of nitrogens with one attached hydrogen (secondary N) is 4. The molecule has 0 aromatic carbocycles. The maximum atomic E-state index is 13.9. The molecule has 3 aromatic rings. The minimum Gasteiger partial charge on any atom is -0.441 e. The molecule has 0 radical (unpaired) electrons. The molecule has 0 saturated carbocycles. The summed E-state index contributed by atoms with van der Waals surface area (Å²) in [6.07, 6.45) is 1.56. The zero-order chi connectivity index (χ0) is 25.8. The van der Waals surface area contributed by atoms with Crippen LogP contribution < -0.4 is 27.3 Å². The molecule has 1 atom stereocenters. The highest BCUT2D eigenvalue weighted by Gasteiger charge is 2.25. The maximum absolute atomic E-state index is 13.9. The quantitative estimate of drug-likeness (QED) is 0.319. The Hall–Kier alpha value is -4.85. The van der Waals surface area contributed by atoms with E-state index in [-0.39, 0.29) is 23.1 Å². The number of alkyl carbamates (subject to hydrolysis) is 1. The summed E-state index contributed by atoms with van der Waals surface area (Å²) < 4.78 is 32.5. The number of carbonyl (C=O) groups is 2. The predicted molar refractivity (Wildman–Crippen MR) is 124 cm³/mol. The molecular formula is C22H21F2N9O3. The van der Waals surface area contributed by atoms with Gasteiger partial charge in [0, 0.05) is 18.8 Å². The van der Waals surface area contributed by atoms with E-state index in [4.69, 9.17) is 10.5 Å². The van der Waals surface area contributed by atoms with Crippen molar-refractivity contribution in [2.75, 3.05) is 18.1 Å². The van der Waals surface area contributed by atoms with E-state index in [9.17, 15) is 18.4 Å². The average molecular weight is 497 g/mol.